The first-order chi connectivity index (χ1) is 3.30. The van der Waals surface area contributed by atoms with Crippen molar-refractivity contribution in [3.8, 4) is 0 Å². The molecule has 0 amide bonds. The Balaban J connectivity index is 2.54. The molecule has 1 aliphatic rings. The highest BCUT2D eigenvalue weighted by molar-refractivity contribution is 6.30. The van der Waals surface area contributed by atoms with Crippen molar-refractivity contribution in [2.24, 2.45) is 5.73 Å². The van der Waals surface area contributed by atoms with Crippen molar-refractivity contribution in [1.82, 2.24) is 0 Å². The van der Waals surface area contributed by atoms with Crippen LogP contribution in [0.2, 0.25) is 0 Å². The number of allylic oxidation sites excluding steroid dienone is 1. The second-order valence-corrected chi connectivity index (χ2v) is 2.21. The van der Waals surface area contributed by atoms with E-state index in [2.05, 4.69) is 0 Å². The van der Waals surface area contributed by atoms with E-state index in [1.165, 1.54) is 0 Å². The highest BCUT2D eigenvalue weighted by atomic mass is 35.5. The van der Waals surface area contributed by atoms with Gasteiger partial charge >= 0.3 is 0 Å². The zero-order chi connectivity index (χ0) is 5.28. The van der Waals surface area contributed by atoms with Crippen LogP contribution in [0.4, 0.5) is 0 Å². The molecule has 0 radical (unpaired) electrons. The zero-order valence-corrected chi connectivity index (χ0v) is 4.78. The molecule has 0 aliphatic heterocycles. The van der Waals surface area contributed by atoms with Crippen LogP contribution in [0.3, 0.4) is 0 Å². The van der Waals surface area contributed by atoms with Gasteiger partial charge in [0.15, 0.2) is 0 Å². The van der Waals surface area contributed by atoms with Gasteiger partial charge in [-0.05, 0) is 12.8 Å². The lowest BCUT2D eigenvalue weighted by Gasteiger charge is -1.97. The average molecular weight is 118 g/mol. The molecule has 2 N–H and O–H groups in total. The Kier molecular flexibility index (Phi) is 1.35. The predicted molar refractivity (Wildman–Crippen MR) is 31.1 cm³/mol. The smallest absolute Gasteiger partial charge is 0.0403 e. The molecular formula is C5H8ClN. The van der Waals surface area contributed by atoms with Gasteiger partial charge in [0.1, 0.15) is 0 Å². The van der Waals surface area contributed by atoms with Gasteiger partial charge in [0.25, 0.3) is 0 Å². The maximum absolute atomic E-state index is 5.60. The van der Waals surface area contributed by atoms with Crippen molar-refractivity contribution in [1.29, 1.82) is 0 Å². The van der Waals surface area contributed by atoms with Crippen molar-refractivity contribution in [3.63, 3.8) is 0 Å². The van der Waals surface area contributed by atoms with Gasteiger partial charge in [-0.3, -0.25) is 0 Å². The zero-order valence-electron chi connectivity index (χ0n) is 4.02. The summed E-state index contributed by atoms with van der Waals surface area (Å²) in [4.78, 5) is 0. The molecule has 0 unspecified atom stereocenters. The highest BCUT2D eigenvalue weighted by Gasteiger charge is 2.10. The Morgan fingerprint density at radius 2 is 2.57 bits per heavy atom. The topological polar surface area (TPSA) is 26.0 Å². The van der Waals surface area contributed by atoms with E-state index in [0.717, 1.165) is 17.9 Å². The molecule has 1 atom stereocenters. The third-order valence-electron chi connectivity index (χ3n) is 1.17. The van der Waals surface area contributed by atoms with E-state index >= 15 is 0 Å². The van der Waals surface area contributed by atoms with Crippen LogP contribution >= 0.6 is 11.6 Å². The minimum Gasteiger partial charge on any atom is -0.323 e. The third-order valence-corrected chi connectivity index (χ3v) is 1.61. The average Bonchev–Trinajstić information content (AvgIpc) is 1.91. The molecule has 0 saturated carbocycles. The molecule has 0 fully saturated rings. The van der Waals surface area contributed by atoms with Crippen LogP contribution in [0.5, 0.6) is 0 Å². The van der Waals surface area contributed by atoms with E-state index in [4.69, 9.17) is 17.3 Å². The summed E-state index contributed by atoms with van der Waals surface area (Å²) in [5, 5.41) is 0.833. The molecule has 1 aliphatic carbocycles. The van der Waals surface area contributed by atoms with Gasteiger partial charge in [0, 0.05) is 11.1 Å². The van der Waals surface area contributed by atoms with Crippen LogP contribution < -0.4 is 5.73 Å². The maximum Gasteiger partial charge on any atom is 0.0403 e. The molecule has 0 bridgehead atoms. The molecule has 1 rings (SSSR count). The van der Waals surface area contributed by atoms with E-state index < -0.39 is 0 Å². The van der Waals surface area contributed by atoms with Crippen molar-refractivity contribution >= 4 is 11.6 Å². The quantitative estimate of drug-likeness (QED) is 0.508. The van der Waals surface area contributed by atoms with Crippen LogP contribution in [0, 0.1) is 0 Å². The molecule has 0 heterocycles. The van der Waals surface area contributed by atoms with E-state index in [1.807, 2.05) is 6.08 Å². The fourth-order valence-electron chi connectivity index (χ4n) is 0.690. The van der Waals surface area contributed by atoms with Crippen LogP contribution in [-0.2, 0) is 0 Å². The fraction of sp³-hybridized carbons (Fsp3) is 0.600. The molecule has 0 aromatic carbocycles. The van der Waals surface area contributed by atoms with Gasteiger partial charge in [0.2, 0.25) is 0 Å². The van der Waals surface area contributed by atoms with Crippen molar-refractivity contribution in [2.75, 3.05) is 0 Å². The monoisotopic (exact) mass is 117 g/mol. The molecule has 0 aromatic heterocycles. The largest absolute Gasteiger partial charge is 0.323 e. The summed E-state index contributed by atoms with van der Waals surface area (Å²) in [6.45, 7) is 0. The molecule has 0 spiro atoms. The molecule has 2 heteroatoms. The second-order valence-electron chi connectivity index (χ2n) is 1.77. The fourth-order valence-corrected chi connectivity index (χ4v) is 0.908. The highest BCUT2D eigenvalue weighted by Crippen LogP contribution is 2.19. The predicted octanol–water partition coefficient (Wildman–Crippen LogP) is 1.23. The van der Waals surface area contributed by atoms with Crippen LogP contribution in [-0.4, -0.2) is 6.04 Å². The normalized spacial score (nSPS) is 30.6. The molecule has 0 aromatic rings. The van der Waals surface area contributed by atoms with Gasteiger partial charge in [-0.1, -0.05) is 17.7 Å². The first-order valence-corrected chi connectivity index (χ1v) is 2.79. The number of hydrogen-bond acceptors (Lipinski definition) is 1. The Bertz CT molecular complexity index is 98.3. The first kappa shape index (κ1) is 5.13. The summed E-state index contributed by atoms with van der Waals surface area (Å²) >= 11 is 5.60. The Labute approximate surface area is 48.1 Å². The standard InChI is InChI=1S/C5H8ClN/c6-4-2-1-3-5(4)7/h2,5H,1,3,7H2/t5-/m0/s1. The number of halogens is 1. The van der Waals surface area contributed by atoms with Crippen molar-refractivity contribution < 1.29 is 0 Å². The molecule has 0 saturated heterocycles. The van der Waals surface area contributed by atoms with E-state index in [1.54, 1.807) is 0 Å². The summed E-state index contributed by atoms with van der Waals surface area (Å²) in [6.07, 6.45) is 4.06. The summed E-state index contributed by atoms with van der Waals surface area (Å²) in [5.74, 6) is 0. The van der Waals surface area contributed by atoms with Gasteiger partial charge in [0.05, 0.1) is 0 Å². The van der Waals surface area contributed by atoms with E-state index in [9.17, 15) is 0 Å². The van der Waals surface area contributed by atoms with Crippen LogP contribution in [0.25, 0.3) is 0 Å². The molecule has 1 nitrogen and oxygen atoms in total. The van der Waals surface area contributed by atoms with Gasteiger partial charge in [-0.15, -0.1) is 0 Å². The van der Waals surface area contributed by atoms with E-state index in [0.29, 0.717) is 0 Å². The minimum absolute atomic E-state index is 0.140. The molecule has 40 valence electrons. The van der Waals surface area contributed by atoms with Gasteiger partial charge < -0.3 is 5.73 Å². The second kappa shape index (κ2) is 1.85. The SMILES string of the molecule is N[C@H]1CCC=C1Cl. The summed E-state index contributed by atoms with van der Waals surface area (Å²) in [5.41, 5.74) is 5.48. The summed E-state index contributed by atoms with van der Waals surface area (Å²) in [6, 6.07) is 0.140. The van der Waals surface area contributed by atoms with Crippen LogP contribution in [0.15, 0.2) is 11.1 Å². The minimum atomic E-state index is 0.140. The number of nitrogens with two attached hydrogens (primary N) is 1. The van der Waals surface area contributed by atoms with Gasteiger partial charge in [-0.25, -0.2) is 0 Å². The van der Waals surface area contributed by atoms with Crippen molar-refractivity contribution in [2.45, 2.75) is 18.9 Å². The summed E-state index contributed by atoms with van der Waals surface area (Å²) in [7, 11) is 0. The third kappa shape index (κ3) is 0.956. The first-order valence-electron chi connectivity index (χ1n) is 2.42. The molecule has 7 heavy (non-hydrogen) atoms. The number of rotatable bonds is 0. The Morgan fingerprint density at radius 1 is 1.86 bits per heavy atom. The maximum atomic E-state index is 5.60. The van der Waals surface area contributed by atoms with Gasteiger partial charge in [-0.2, -0.15) is 0 Å². The Morgan fingerprint density at radius 3 is 2.71 bits per heavy atom. The lowest BCUT2D eigenvalue weighted by atomic mass is 10.3. The lowest BCUT2D eigenvalue weighted by Crippen LogP contribution is -2.15. The van der Waals surface area contributed by atoms with Crippen LogP contribution in [0.1, 0.15) is 12.8 Å². The van der Waals surface area contributed by atoms with E-state index in [-0.39, 0.29) is 6.04 Å². The van der Waals surface area contributed by atoms with Crippen molar-refractivity contribution in [3.05, 3.63) is 11.1 Å². The summed E-state index contributed by atoms with van der Waals surface area (Å²) < 4.78 is 0. The Hall–Kier alpha value is -0.0100. The number of hydrogen-bond donors (Lipinski definition) is 1. The molecular weight excluding hydrogens is 110 g/mol. The lowest BCUT2D eigenvalue weighted by molar-refractivity contribution is 0.772.